The summed E-state index contributed by atoms with van der Waals surface area (Å²) in [6.07, 6.45) is 0.467. The maximum atomic E-state index is 12.5. The van der Waals surface area contributed by atoms with Crippen molar-refractivity contribution >= 4 is 16.9 Å². The minimum absolute atomic E-state index is 0.133. The van der Waals surface area contributed by atoms with Crippen molar-refractivity contribution in [1.82, 2.24) is 0 Å². The molecular formula is C20H16O4. The number of cyclic esters (lactones) is 1. The fraction of sp³-hybridized carbons (Fsp3) is 0.200. The van der Waals surface area contributed by atoms with Gasteiger partial charge in [-0.25, -0.2) is 4.79 Å². The number of hydrogen-bond donors (Lipinski definition) is 0. The molecule has 4 nitrogen and oxygen atoms in total. The van der Waals surface area contributed by atoms with E-state index in [1.807, 2.05) is 25.1 Å². The molecule has 1 aliphatic rings. The molecule has 1 aromatic heterocycles. The predicted octanol–water partition coefficient (Wildman–Crippen LogP) is 3.73. The molecule has 1 atom stereocenters. The van der Waals surface area contributed by atoms with Crippen molar-refractivity contribution in [2.75, 3.05) is 0 Å². The van der Waals surface area contributed by atoms with E-state index in [9.17, 15) is 9.59 Å². The van der Waals surface area contributed by atoms with Crippen LogP contribution in [0.25, 0.3) is 11.0 Å². The SMILES string of the molecule is Cc1ccc2oc(C3(C)Cc4ccccc4C(=O)O3)cc(=O)c2c1. The number of fused-ring (bicyclic) bond motifs is 2. The van der Waals surface area contributed by atoms with E-state index in [1.165, 1.54) is 6.07 Å². The minimum Gasteiger partial charge on any atom is -0.457 e. The molecule has 1 unspecified atom stereocenters. The Balaban J connectivity index is 1.87. The van der Waals surface area contributed by atoms with Crippen molar-refractivity contribution in [3.8, 4) is 0 Å². The number of carbonyl (C=O) groups is 1. The Bertz CT molecular complexity index is 1030. The van der Waals surface area contributed by atoms with E-state index in [4.69, 9.17) is 9.15 Å². The molecule has 1 aliphatic heterocycles. The van der Waals surface area contributed by atoms with E-state index in [2.05, 4.69) is 0 Å². The van der Waals surface area contributed by atoms with Gasteiger partial charge in [0.05, 0.1) is 10.9 Å². The molecule has 4 rings (SSSR count). The summed E-state index contributed by atoms with van der Waals surface area (Å²) in [7, 11) is 0. The van der Waals surface area contributed by atoms with E-state index in [1.54, 1.807) is 31.2 Å². The normalized spacial score (nSPS) is 19.8. The van der Waals surface area contributed by atoms with E-state index in [0.717, 1.165) is 11.1 Å². The summed E-state index contributed by atoms with van der Waals surface area (Å²) >= 11 is 0. The molecule has 4 heteroatoms. The summed E-state index contributed by atoms with van der Waals surface area (Å²) in [5, 5.41) is 0.532. The van der Waals surface area contributed by atoms with Gasteiger partial charge in [-0.05, 0) is 37.6 Å². The largest absolute Gasteiger partial charge is 0.457 e. The minimum atomic E-state index is -0.996. The van der Waals surface area contributed by atoms with Crippen LogP contribution in [0.3, 0.4) is 0 Å². The highest BCUT2D eigenvalue weighted by Gasteiger charge is 2.40. The number of aryl methyl sites for hydroxylation is 1. The average molecular weight is 320 g/mol. The molecule has 0 saturated heterocycles. The van der Waals surface area contributed by atoms with Gasteiger partial charge in [0, 0.05) is 12.5 Å². The second-order valence-electron chi connectivity index (χ2n) is 6.43. The zero-order chi connectivity index (χ0) is 16.9. The van der Waals surface area contributed by atoms with Crippen LogP contribution >= 0.6 is 0 Å². The fourth-order valence-corrected chi connectivity index (χ4v) is 3.20. The van der Waals surface area contributed by atoms with Gasteiger partial charge in [-0.3, -0.25) is 4.79 Å². The molecule has 0 aliphatic carbocycles. The van der Waals surface area contributed by atoms with E-state index in [-0.39, 0.29) is 5.43 Å². The average Bonchev–Trinajstić information content (AvgIpc) is 2.55. The molecule has 2 aromatic carbocycles. The first-order valence-electron chi connectivity index (χ1n) is 7.82. The van der Waals surface area contributed by atoms with Crippen LogP contribution in [0.2, 0.25) is 0 Å². The molecule has 3 aromatic rings. The maximum Gasteiger partial charge on any atom is 0.339 e. The van der Waals surface area contributed by atoms with Gasteiger partial charge in [-0.1, -0.05) is 29.8 Å². The van der Waals surface area contributed by atoms with Gasteiger partial charge in [-0.2, -0.15) is 0 Å². The van der Waals surface area contributed by atoms with Crippen LogP contribution in [-0.4, -0.2) is 5.97 Å². The third-order valence-corrected chi connectivity index (χ3v) is 4.49. The van der Waals surface area contributed by atoms with Crippen molar-refractivity contribution in [3.05, 3.63) is 81.2 Å². The Hall–Kier alpha value is -2.88. The Labute approximate surface area is 138 Å². The number of benzene rings is 2. The first-order valence-corrected chi connectivity index (χ1v) is 7.82. The van der Waals surface area contributed by atoms with Crippen LogP contribution in [0.4, 0.5) is 0 Å². The highest BCUT2D eigenvalue weighted by molar-refractivity contribution is 5.92. The third-order valence-electron chi connectivity index (χ3n) is 4.49. The lowest BCUT2D eigenvalue weighted by Gasteiger charge is -2.33. The summed E-state index contributed by atoms with van der Waals surface area (Å²) in [6, 6.07) is 14.2. The van der Waals surface area contributed by atoms with Gasteiger partial charge in [0.1, 0.15) is 5.58 Å². The number of hydrogen-bond acceptors (Lipinski definition) is 4. The van der Waals surface area contributed by atoms with Crippen LogP contribution in [0.15, 0.2) is 57.7 Å². The summed E-state index contributed by atoms with van der Waals surface area (Å²) in [5.41, 5.74) is 1.82. The molecule has 2 heterocycles. The summed E-state index contributed by atoms with van der Waals surface area (Å²) in [4.78, 5) is 24.8. The summed E-state index contributed by atoms with van der Waals surface area (Å²) in [6.45, 7) is 3.70. The van der Waals surface area contributed by atoms with Gasteiger partial charge in [-0.15, -0.1) is 0 Å². The molecule has 0 radical (unpaired) electrons. The lowest BCUT2D eigenvalue weighted by molar-refractivity contribution is -0.0284. The molecule has 0 fully saturated rings. The Morgan fingerprint density at radius 2 is 1.83 bits per heavy atom. The number of carbonyl (C=O) groups excluding carboxylic acids is 1. The fourth-order valence-electron chi connectivity index (χ4n) is 3.20. The van der Waals surface area contributed by atoms with Gasteiger partial charge < -0.3 is 9.15 Å². The molecule has 0 spiro atoms. The van der Waals surface area contributed by atoms with Crippen LogP contribution in [-0.2, 0) is 16.8 Å². The molecule has 120 valence electrons. The lowest BCUT2D eigenvalue weighted by atomic mass is 9.88. The number of ether oxygens (including phenoxy) is 1. The van der Waals surface area contributed by atoms with Crippen molar-refractivity contribution in [1.29, 1.82) is 0 Å². The van der Waals surface area contributed by atoms with Crippen molar-refractivity contribution < 1.29 is 13.9 Å². The van der Waals surface area contributed by atoms with Crippen molar-refractivity contribution in [2.45, 2.75) is 25.9 Å². The summed E-state index contributed by atoms with van der Waals surface area (Å²) in [5.74, 6) is -0.0299. The Morgan fingerprint density at radius 3 is 2.67 bits per heavy atom. The van der Waals surface area contributed by atoms with Crippen LogP contribution in [0.1, 0.15) is 34.2 Å². The molecule has 0 N–H and O–H groups in total. The quantitative estimate of drug-likeness (QED) is 0.641. The first-order chi connectivity index (χ1) is 11.5. The van der Waals surface area contributed by atoms with Gasteiger partial charge in [0.2, 0.25) is 0 Å². The van der Waals surface area contributed by atoms with Gasteiger partial charge in [0.25, 0.3) is 0 Å². The summed E-state index contributed by atoms with van der Waals surface area (Å²) < 4.78 is 11.6. The smallest absolute Gasteiger partial charge is 0.339 e. The van der Waals surface area contributed by atoms with Crippen molar-refractivity contribution in [3.63, 3.8) is 0 Å². The zero-order valence-electron chi connectivity index (χ0n) is 13.5. The molecule has 0 amide bonds. The van der Waals surface area contributed by atoms with Gasteiger partial charge in [0.15, 0.2) is 16.8 Å². The van der Waals surface area contributed by atoms with Crippen molar-refractivity contribution in [2.24, 2.45) is 0 Å². The standard InChI is InChI=1S/C20H16O4/c1-12-7-8-17-15(9-12)16(21)10-18(23-17)20(2)11-13-5-3-4-6-14(13)19(22)24-20/h3-10H,11H2,1-2H3. The van der Waals surface area contributed by atoms with Gasteiger partial charge >= 0.3 is 5.97 Å². The number of rotatable bonds is 1. The van der Waals surface area contributed by atoms with Crippen LogP contribution in [0, 0.1) is 6.92 Å². The topological polar surface area (TPSA) is 56.5 Å². The lowest BCUT2D eigenvalue weighted by Crippen LogP contribution is -2.37. The highest BCUT2D eigenvalue weighted by Crippen LogP contribution is 2.36. The third kappa shape index (κ3) is 2.22. The molecule has 24 heavy (non-hydrogen) atoms. The molecule has 0 bridgehead atoms. The van der Waals surface area contributed by atoms with E-state index in [0.29, 0.717) is 28.7 Å². The Morgan fingerprint density at radius 1 is 1.04 bits per heavy atom. The highest BCUT2D eigenvalue weighted by atomic mass is 16.6. The zero-order valence-corrected chi connectivity index (χ0v) is 13.5. The van der Waals surface area contributed by atoms with Crippen LogP contribution < -0.4 is 5.43 Å². The van der Waals surface area contributed by atoms with E-state index >= 15 is 0 Å². The number of esters is 1. The van der Waals surface area contributed by atoms with Crippen LogP contribution in [0.5, 0.6) is 0 Å². The second-order valence-corrected chi connectivity index (χ2v) is 6.43. The molecule has 0 saturated carbocycles. The monoisotopic (exact) mass is 320 g/mol. The predicted molar refractivity (Wildman–Crippen MR) is 90.1 cm³/mol. The Kier molecular flexibility index (Phi) is 3.10. The maximum absolute atomic E-state index is 12.5. The second kappa shape index (κ2) is 5.06. The first kappa shape index (κ1) is 14.7. The molecular weight excluding hydrogens is 304 g/mol. The van der Waals surface area contributed by atoms with E-state index < -0.39 is 11.6 Å².